The van der Waals surface area contributed by atoms with Gasteiger partial charge in [0.2, 0.25) is 0 Å². The first-order valence-corrected chi connectivity index (χ1v) is 8.32. The average molecular weight is 328 g/mol. The molecule has 2 aromatic heterocycles. The highest BCUT2D eigenvalue weighted by molar-refractivity contribution is 6.30. The van der Waals surface area contributed by atoms with Crippen molar-refractivity contribution < 1.29 is 5.11 Å². The number of aliphatic hydroxyl groups is 1. The van der Waals surface area contributed by atoms with Gasteiger partial charge in [-0.1, -0.05) is 29.8 Å². The van der Waals surface area contributed by atoms with Crippen LogP contribution in [-0.2, 0) is 11.8 Å². The molecule has 1 aliphatic rings. The Morgan fingerprint density at radius 2 is 1.91 bits per heavy atom. The topological polar surface area (TPSA) is 50.4 Å². The van der Waals surface area contributed by atoms with Gasteiger partial charge in [0, 0.05) is 17.8 Å². The lowest BCUT2D eigenvalue weighted by Crippen LogP contribution is -2.13. The van der Waals surface area contributed by atoms with Gasteiger partial charge in [-0.3, -0.25) is 4.40 Å². The lowest BCUT2D eigenvalue weighted by atomic mass is 9.95. The molecule has 118 valence electrons. The number of aromatic nitrogens is 3. The average Bonchev–Trinajstić information content (AvgIpc) is 3.26. The molecule has 0 unspecified atom stereocenters. The monoisotopic (exact) mass is 327 g/mol. The Kier molecular flexibility index (Phi) is 3.58. The first-order chi connectivity index (χ1) is 11.2. The number of hydrogen-bond donors (Lipinski definition) is 1. The van der Waals surface area contributed by atoms with Crippen LogP contribution in [0.5, 0.6) is 0 Å². The first kappa shape index (κ1) is 14.7. The van der Waals surface area contributed by atoms with Gasteiger partial charge in [-0.25, -0.2) is 0 Å². The summed E-state index contributed by atoms with van der Waals surface area (Å²) in [4.78, 5) is 0. The van der Waals surface area contributed by atoms with Gasteiger partial charge in [-0.05, 0) is 55.0 Å². The lowest BCUT2D eigenvalue weighted by Gasteiger charge is -2.14. The van der Waals surface area contributed by atoms with Crippen LogP contribution in [0.3, 0.4) is 0 Å². The molecule has 0 bridgehead atoms. The van der Waals surface area contributed by atoms with E-state index in [9.17, 15) is 0 Å². The second-order valence-corrected chi connectivity index (χ2v) is 6.60. The van der Waals surface area contributed by atoms with Crippen molar-refractivity contribution in [2.75, 3.05) is 6.61 Å². The van der Waals surface area contributed by atoms with Gasteiger partial charge in [-0.15, -0.1) is 10.2 Å². The summed E-state index contributed by atoms with van der Waals surface area (Å²) >= 11 is 6.02. The molecular formula is C18H18ClN3O. The van der Waals surface area contributed by atoms with E-state index < -0.39 is 0 Å². The zero-order valence-electron chi connectivity index (χ0n) is 12.7. The minimum absolute atomic E-state index is 0.0421. The Bertz CT molecular complexity index is 837. The summed E-state index contributed by atoms with van der Waals surface area (Å²) in [6.07, 6.45) is 5.74. The number of aryl methyl sites for hydroxylation is 1. The van der Waals surface area contributed by atoms with Gasteiger partial charge >= 0.3 is 0 Å². The summed E-state index contributed by atoms with van der Waals surface area (Å²) in [5, 5.41) is 18.8. The number of rotatable bonds is 5. The van der Waals surface area contributed by atoms with Crippen LogP contribution < -0.4 is 0 Å². The first-order valence-electron chi connectivity index (χ1n) is 7.95. The Labute approximate surface area is 139 Å². The van der Waals surface area contributed by atoms with Crippen LogP contribution in [0, 0.1) is 0 Å². The van der Waals surface area contributed by atoms with Gasteiger partial charge in [0.15, 0.2) is 5.65 Å². The molecule has 0 atom stereocenters. The Morgan fingerprint density at radius 1 is 1.13 bits per heavy atom. The fraction of sp³-hybridized carbons (Fsp3) is 0.333. The number of pyridine rings is 1. The molecule has 0 aliphatic heterocycles. The van der Waals surface area contributed by atoms with E-state index >= 15 is 0 Å². The van der Waals surface area contributed by atoms with Crippen molar-refractivity contribution in [1.82, 2.24) is 14.6 Å². The van der Waals surface area contributed by atoms with E-state index in [1.54, 1.807) is 0 Å². The fourth-order valence-corrected chi connectivity index (χ4v) is 3.42. The van der Waals surface area contributed by atoms with Crippen molar-refractivity contribution in [3.63, 3.8) is 0 Å². The Balaban J connectivity index is 1.79. The lowest BCUT2D eigenvalue weighted by molar-refractivity contribution is 0.288. The highest BCUT2D eigenvalue weighted by atomic mass is 35.5. The number of aliphatic hydroxyl groups excluding tert-OH is 1. The molecular weight excluding hydrogens is 310 g/mol. The van der Waals surface area contributed by atoms with Crippen LogP contribution in [0.15, 0.2) is 42.6 Å². The molecule has 0 spiro atoms. The summed E-state index contributed by atoms with van der Waals surface area (Å²) in [5.41, 5.74) is 3.24. The molecule has 1 saturated carbocycles. The molecule has 3 aromatic rings. The van der Waals surface area contributed by atoms with Gasteiger partial charge in [0.05, 0.1) is 5.41 Å². The van der Waals surface area contributed by atoms with E-state index in [1.165, 1.54) is 5.56 Å². The second kappa shape index (κ2) is 5.62. The molecule has 0 amide bonds. The molecule has 4 rings (SSSR count). The van der Waals surface area contributed by atoms with Gasteiger partial charge in [0.25, 0.3) is 0 Å². The van der Waals surface area contributed by atoms with Gasteiger partial charge in [-0.2, -0.15) is 0 Å². The predicted molar refractivity (Wildman–Crippen MR) is 89.9 cm³/mol. The largest absolute Gasteiger partial charge is 0.396 e. The number of fused-ring (bicyclic) bond motifs is 1. The van der Waals surface area contributed by atoms with Crippen molar-refractivity contribution in [3.05, 3.63) is 64.6 Å². The summed E-state index contributed by atoms with van der Waals surface area (Å²) in [6, 6.07) is 12.1. The standard InChI is InChI=1S/C18H18ClN3O/c19-15-7-5-14(6-8-15)18(9-10-18)17-21-20-16-13(4-2-12-23)3-1-11-22(16)17/h1,3,5-8,11,23H,2,4,9-10,12H2. The molecule has 1 aliphatic carbocycles. The molecule has 5 heteroatoms. The molecule has 0 saturated heterocycles. The van der Waals surface area contributed by atoms with Crippen LogP contribution >= 0.6 is 11.6 Å². The van der Waals surface area contributed by atoms with E-state index in [1.807, 2.05) is 24.4 Å². The minimum atomic E-state index is -0.0421. The van der Waals surface area contributed by atoms with E-state index in [-0.39, 0.29) is 12.0 Å². The zero-order valence-corrected chi connectivity index (χ0v) is 13.5. The van der Waals surface area contributed by atoms with E-state index in [4.69, 9.17) is 16.7 Å². The molecule has 1 aromatic carbocycles. The van der Waals surface area contributed by atoms with Gasteiger partial charge < -0.3 is 5.11 Å². The van der Waals surface area contributed by atoms with Crippen LogP contribution in [-0.4, -0.2) is 26.3 Å². The summed E-state index contributed by atoms with van der Waals surface area (Å²) in [6.45, 7) is 0.191. The molecule has 2 heterocycles. The summed E-state index contributed by atoms with van der Waals surface area (Å²) < 4.78 is 2.11. The van der Waals surface area contributed by atoms with Gasteiger partial charge in [0.1, 0.15) is 5.82 Å². The van der Waals surface area contributed by atoms with Crippen LogP contribution in [0.1, 0.15) is 36.2 Å². The van der Waals surface area contributed by atoms with Crippen molar-refractivity contribution in [1.29, 1.82) is 0 Å². The summed E-state index contributed by atoms with van der Waals surface area (Å²) in [7, 11) is 0. The molecule has 1 fully saturated rings. The third kappa shape index (κ3) is 2.42. The Hall–Kier alpha value is -1.91. The maximum atomic E-state index is 9.06. The number of halogens is 1. The van der Waals surface area contributed by atoms with Crippen molar-refractivity contribution in [3.8, 4) is 0 Å². The Morgan fingerprint density at radius 3 is 2.61 bits per heavy atom. The second-order valence-electron chi connectivity index (χ2n) is 6.17. The van der Waals surface area contributed by atoms with E-state index in [2.05, 4.69) is 32.8 Å². The highest BCUT2D eigenvalue weighted by Gasteiger charge is 2.49. The maximum absolute atomic E-state index is 9.06. The van der Waals surface area contributed by atoms with E-state index in [0.29, 0.717) is 0 Å². The van der Waals surface area contributed by atoms with Crippen LogP contribution in [0.2, 0.25) is 5.02 Å². The molecule has 1 N–H and O–H groups in total. The normalized spacial score (nSPS) is 15.9. The minimum Gasteiger partial charge on any atom is -0.396 e. The number of nitrogens with zero attached hydrogens (tertiary/aromatic N) is 3. The third-order valence-electron chi connectivity index (χ3n) is 4.69. The predicted octanol–water partition coefficient (Wildman–Crippen LogP) is 3.39. The molecule has 0 radical (unpaired) electrons. The maximum Gasteiger partial charge on any atom is 0.164 e. The highest BCUT2D eigenvalue weighted by Crippen LogP contribution is 2.52. The van der Waals surface area contributed by atoms with Crippen molar-refractivity contribution in [2.24, 2.45) is 0 Å². The quantitative estimate of drug-likeness (QED) is 0.781. The number of benzene rings is 1. The SMILES string of the molecule is OCCCc1cccn2c(C3(c4ccc(Cl)cc4)CC3)nnc12. The third-order valence-corrected chi connectivity index (χ3v) is 4.95. The van der Waals surface area contributed by atoms with Crippen LogP contribution in [0.25, 0.3) is 5.65 Å². The van der Waals surface area contributed by atoms with Crippen molar-refractivity contribution in [2.45, 2.75) is 31.1 Å². The molecule has 4 nitrogen and oxygen atoms in total. The van der Waals surface area contributed by atoms with Crippen molar-refractivity contribution >= 4 is 17.2 Å². The van der Waals surface area contributed by atoms with E-state index in [0.717, 1.165) is 47.7 Å². The number of hydrogen-bond acceptors (Lipinski definition) is 3. The molecule has 23 heavy (non-hydrogen) atoms. The summed E-state index contributed by atoms with van der Waals surface area (Å²) in [5.74, 6) is 1.00. The smallest absolute Gasteiger partial charge is 0.164 e. The fourth-order valence-electron chi connectivity index (χ4n) is 3.30. The zero-order chi connectivity index (χ0) is 15.9. The van der Waals surface area contributed by atoms with Crippen LogP contribution in [0.4, 0.5) is 0 Å².